The fourth-order valence-corrected chi connectivity index (χ4v) is 2.16. The first-order valence-electron chi connectivity index (χ1n) is 6.98. The number of methoxy groups -OCH3 is 1. The summed E-state index contributed by atoms with van der Waals surface area (Å²) in [6.45, 7) is 0. The molecular weight excluding hydrogens is 314 g/mol. The molecule has 1 amide bonds. The van der Waals surface area contributed by atoms with Gasteiger partial charge in [0.15, 0.2) is 0 Å². The van der Waals surface area contributed by atoms with Gasteiger partial charge in [0.05, 0.1) is 13.5 Å². The van der Waals surface area contributed by atoms with Crippen LogP contribution in [0.1, 0.15) is 11.1 Å². The summed E-state index contributed by atoms with van der Waals surface area (Å²) in [4.78, 5) is 23.4. The summed E-state index contributed by atoms with van der Waals surface area (Å²) in [6, 6.07) is 14.5. The number of nitrogens with one attached hydrogen (secondary N) is 1. The quantitative estimate of drug-likeness (QED) is 0.672. The van der Waals surface area contributed by atoms with Gasteiger partial charge in [0, 0.05) is 16.8 Å². The molecule has 0 aliphatic heterocycles. The zero-order chi connectivity index (χ0) is 16.7. The molecule has 0 atom stereocenters. The van der Waals surface area contributed by atoms with Crippen molar-refractivity contribution in [2.24, 2.45) is 0 Å². The standard InChI is InChI=1S/C18H16ClNO3/c1-23-18(22)10-8-14-7-9-15(19)12-16(14)20-17(21)11-13-5-3-2-4-6-13/h2-10,12H,11H2,1H3,(H,20,21)/b10-8+. The highest BCUT2D eigenvalue weighted by Gasteiger charge is 2.08. The van der Waals surface area contributed by atoms with Crippen molar-refractivity contribution in [1.29, 1.82) is 0 Å². The molecule has 0 saturated carbocycles. The minimum absolute atomic E-state index is 0.161. The zero-order valence-electron chi connectivity index (χ0n) is 12.6. The second-order valence-corrected chi connectivity index (χ2v) is 5.24. The maximum Gasteiger partial charge on any atom is 0.330 e. The summed E-state index contributed by atoms with van der Waals surface area (Å²) in [7, 11) is 1.30. The van der Waals surface area contributed by atoms with Crippen LogP contribution in [0.2, 0.25) is 5.02 Å². The van der Waals surface area contributed by atoms with E-state index in [0.717, 1.165) is 5.56 Å². The second-order valence-electron chi connectivity index (χ2n) is 4.80. The van der Waals surface area contributed by atoms with Crippen LogP contribution >= 0.6 is 11.6 Å². The van der Waals surface area contributed by atoms with Gasteiger partial charge in [-0.1, -0.05) is 48.0 Å². The summed E-state index contributed by atoms with van der Waals surface area (Å²) >= 11 is 5.98. The van der Waals surface area contributed by atoms with Gasteiger partial charge in [0.1, 0.15) is 0 Å². The molecule has 0 spiro atoms. The molecular formula is C18H16ClNO3. The Balaban J connectivity index is 2.14. The Morgan fingerprint density at radius 2 is 1.91 bits per heavy atom. The lowest BCUT2D eigenvalue weighted by Crippen LogP contribution is -2.15. The van der Waals surface area contributed by atoms with Crippen LogP contribution in [0.15, 0.2) is 54.6 Å². The lowest BCUT2D eigenvalue weighted by molar-refractivity contribution is -0.134. The summed E-state index contributed by atoms with van der Waals surface area (Å²) in [5.74, 6) is -0.632. The second kappa shape index (κ2) is 8.15. The molecule has 0 bridgehead atoms. The minimum Gasteiger partial charge on any atom is -0.466 e. The Morgan fingerprint density at radius 3 is 2.61 bits per heavy atom. The number of esters is 1. The fourth-order valence-electron chi connectivity index (χ4n) is 1.98. The zero-order valence-corrected chi connectivity index (χ0v) is 13.3. The first-order chi connectivity index (χ1) is 11.1. The van der Waals surface area contributed by atoms with E-state index in [1.54, 1.807) is 24.3 Å². The number of rotatable bonds is 5. The molecule has 0 unspecified atom stereocenters. The summed E-state index contributed by atoms with van der Waals surface area (Å²) in [5.41, 5.74) is 2.12. The molecule has 2 rings (SSSR count). The highest BCUT2D eigenvalue weighted by molar-refractivity contribution is 6.31. The first-order valence-corrected chi connectivity index (χ1v) is 7.35. The highest BCUT2D eigenvalue weighted by Crippen LogP contribution is 2.22. The van der Waals surface area contributed by atoms with Crippen molar-refractivity contribution in [3.05, 3.63) is 70.8 Å². The molecule has 2 aromatic carbocycles. The Hall–Kier alpha value is -2.59. The van der Waals surface area contributed by atoms with Crippen LogP contribution in [0.3, 0.4) is 0 Å². The van der Waals surface area contributed by atoms with Gasteiger partial charge >= 0.3 is 5.97 Å². The van der Waals surface area contributed by atoms with Gasteiger partial charge in [-0.3, -0.25) is 4.79 Å². The van der Waals surface area contributed by atoms with E-state index in [4.69, 9.17) is 11.6 Å². The van der Waals surface area contributed by atoms with Crippen molar-refractivity contribution in [3.8, 4) is 0 Å². The van der Waals surface area contributed by atoms with E-state index in [-0.39, 0.29) is 12.3 Å². The maximum absolute atomic E-state index is 12.2. The predicted molar refractivity (Wildman–Crippen MR) is 91.3 cm³/mol. The Labute approximate surface area is 139 Å². The molecule has 0 aliphatic rings. The van der Waals surface area contributed by atoms with E-state index in [2.05, 4.69) is 10.1 Å². The predicted octanol–water partition coefficient (Wildman–Crippen LogP) is 3.71. The summed E-state index contributed by atoms with van der Waals surface area (Å²) < 4.78 is 4.56. The van der Waals surface area contributed by atoms with Crippen LogP contribution in [0.4, 0.5) is 5.69 Å². The molecule has 0 saturated heterocycles. The summed E-state index contributed by atoms with van der Waals surface area (Å²) in [6.07, 6.45) is 3.11. The van der Waals surface area contributed by atoms with Gasteiger partial charge in [-0.2, -0.15) is 0 Å². The first kappa shape index (κ1) is 16.8. The Morgan fingerprint density at radius 1 is 1.17 bits per heavy atom. The van der Waals surface area contributed by atoms with Gasteiger partial charge in [-0.05, 0) is 29.3 Å². The molecule has 0 radical (unpaired) electrons. The number of carbonyl (C=O) groups is 2. The Bertz CT molecular complexity index is 726. The molecule has 1 N–H and O–H groups in total. The van der Waals surface area contributed by atoms with E-state index in [0.29, 0.717) is 16.3 Å². The average Bonchev–Trinajstić information content (AvgIpc) is 2.54. The molecule has 0 aliphatic carbocycles. The van der Waals surface area contributed by atoms with E-state index in [1.165, 1.54) is 13.2 Å². The van der Waals surface area contributed by atoms with E-state index in [1.807, 2.05) is 30.3 Å². The highest BCUT2D eigenvalue weighted by atomic mass is 35.5. The van der Waals surface area contributed by atoms with Crippen LogP contribution in [0, 0.1) is 0 Å². The maximum atomic E-state index is 12.2. The number of anilines is 1. The van der Waals surface area contributed by atoms with Crippen molar-refractivity contribution in [1.82, 2.24) is 0 Å². The van der Waals surface area contributed by atoms with Gasteiger partial charge in [-0.25, -0.2) is 4.79 Å². The largest absolute Gasteiger partial charge is 0.466 e. The topological polar surface area (TPSA) is 55.4 Å². The van der Waals surface area contributed by atoms with Crippen molar-refractivity contribution in [2.45, 2.75) is 6.42 Å². The fraction of sp³-hybridized carbons (Fsp3) is 0.111. The van der Waals surface area contributed by atoms with Gasteiger partial charge in [-0.15, -0.1) is 0 Å². The number of hydrogen-bond donors (Lipinski definition) is 1. The lowest BCUT2D eigenvalue weighted by atomic mass is 10.1. The molecule has 4 nitrogen and oxygen atoms in total. The molecule has 2 aromatic rings. The van der Waals surface area contributed by atoms with Crippen LogP contribution in [-0.4, -0.2) is 19.0 Å². The molecule has 5 heteroatoms. The molecule has 0 fully saturated rings. The van der Waals surface area contributed by atoms with Crippen LogP contribution < -0.4 is 5.32 Å². The SMILES string of the molecule is COC(=O)/C=C/c1ccc(Cl)cc1NC(=O)Cc1ccccc1. The van der Waals surface area contributed by atoms with E-state index in [9.17, 15) is 9.59 Å². The number of ether oxygens (including phenoxy) is 1. The smallest absolute Gasteiger partial charge is 0.330 e. The molecule has 0 heterocycles. The van der Waals surface area contributed by atoms with Crippen molar-refractivity contribution >= 4 is 35.2 Å². The van der Waals surface area contributed by atoms with E-state index >= 15 is 0 Å². The van der Waals surface area contributed by atoms with E-state index < -0.39 is 5.97 Å². The number of halogens is 1. The third-order valence-corrected chi connectivity index (χ3v) is 3.33. The number of benzene rings is 2. The van der Waals surface area contributed by atoms with Crippen molar-refractivity contribution < 1.29 is 14.3 Å². The Kier molecular flexibility index (Phi) is 5.94. The van der Waals surface area contributed by atoms with Gasteiger partial charge < -0.3 is 10.1 Å². The molecule has 0 aromatic heterocycles. The average molecular weight is 330 g/mol. The van der Waals surface area contributed by atoms with Gasteiger partial charge in [0.25, 0.3) is 0 Å². The van der Waals surface area contributed by atoms with Crippen molar-refractivity contribution in [3.63, 3.8) is 0 Å². The van der Waals surface area contributed by atoms with Crippen LogP contribution in [0.5, 0.6) is 0 Å². The summed E-state index contributed by atoms with van der Waals surface area (Å²) in [5, 5.41) is 3.31. The normalized spacial score (nSPS) is 10.5. The van der Waals surface area contributed by atoms with Crippen molar-refractivity contribution in [2.75, 3.05) is 12.4 Å². The number of hydrogen-bond acceptors (Lipinski definition) is 3. The third-order valence-electron chi connectivity index (χ3n) is 3.10. The van der Waals surface area contributed by atoms with Crippen LogP contribution in [0.25, 0.3) is 6.08 Å². The number of amides is 1. The molecule has 118 valence electrons. The van der Waals surface area contributed by atoms with Gasteiger partial charge in [0.2, 0.25) is 5.91 Å². The lowest BCUT2D eigenvalue weighted by Gasteiger charge is -2.09. The molecule has 23 heavy (non-hydrogen) atoms. The monoisotopic (exact) mass is 329 g/mol. The number of carbonyl (C=O) groups excluding carboxylic acids is 2. The minimum atomic E-state index is -0.471. The van der Waals surface area contributed by atoms with Crippen LogP contribution in [-0.2, 0) is 20.7 Å². The third kappa shape index (κ3) is 5.27.